The predicted molar refractivity (Wildman–Crippen MR) is 178 cm³/mol. The van der Waals surface area contributed by atoms with E-state index in [4.69, 9.17) is 19.2 Å². The van der Waals surface area contributed by atoms with Gasteiger partial charge in [-0.15, -0.1) is 12.4 Å². The second-order valence-corrected chi connectivity index (χ2v) is 13.1. The number of ketones is 3. The van der Waals surface area contributed by atoms with Crippen LogP contribution in [0.15, 0.2) is 23.2 Å². The van der Waals surface area contributed by atoms with Gasteiger partial charge in [-0.2, -0.15) is 0 Å². The van der Waals surface area contributed by atoms with Gasteiger partial charge in [-0.25, -0.2) is 0 Å². The number of aliphatic imine (C=N–C) groups is 1. The van der Waals surface area contributed by atoms with Gasteiger partial charge in [0, 0.05) is 49.0 Å². The summed E-state index contributed by atoms with van der Waals surface area (Å²) in [5, 5.41) is 55.6. The van der Waals surface area contributed by atoms with Crippen molar-refractivity contribution in [3.05, 3.63) is 51.6 Å². The molecular formula is C35H43ClN2O11. The number of aliphatic hydroxyl groups excluding tert-OH is 2. The molecule has 13 nitrogen and oxygen atoms in total. The van der Waals surface area contributed by atoms with E-state index in [1.807, 2.05) is 6.92 Å². The van der Waals surface area contributed by atoms with Gasteiger partial charge < -0.3 is 44.6 Å². The van der Waals surface area contributed by atoms with E-state index >= 15 is 0 Å². The van der Waals surface area contributed by atoms with Crippen molar-refractivity contribution in [1.29, 1.82) is 0 Å². The number of methoxy groups -OCH3 is 1. The van der Waals surface area contributed by atoms with E-state index in [9.17, 15) is 39.9 Å². The number of carbonyl (C=O) groups excluding carboxylic acids is 3. The number of phenolic OH excluding ortho intramolecular Hbond substituents is 2. The van der Waals surface area contributed by atoms with Gasteiger partial charge in [0.1, 0.15) is 35.6 Å². The van der Waals surface area contributed by atoms with Crippen LogP contribution in [0.25, 0.3) is 0 Å². The molecule has 266 valence electrons. The summed E-state index contributed by atoms with van der Waals surface area (Å²) in [6.45, 7) is 4.29. The lowest BCUT2D eigenvalue weighted by Crippen LogP contribution is -2.50. The van der Waals surface area contributed by atoms with Gasteiger partial charge in [-0.05, 0) is 32.8 Å². The highest BCUT2D eigenvalue weighted by molar-refractivity contribution is 6.31. The van der Waals surface area contributed by atoms with E-state index in [1.165, 1.54) is 25.3 Å². The molecule has 0 radical (unpaired) electrons. The maximum Gasteiger partial charge on any atom is 0.202 e. The molecule has 2 aromatic rings. The molecule has 2 fully saturated rings. The third-order valence-electron chi connectivity index (χ3n) is 10.1. The van der Waals surface area contributed by atoms with E-state index in [0.717, 1.165) is 44.6 Å². The van der Waals surface area contributed by atoms with Crippen molar-refractivity contribution < 1.29 is 54.1 Å². The highest BCUT2D eigenvalue weighted by Crippen LogP contribution is 2.52. The molecule has 6 rings (SSSR count). The molecule has 0 amide bonds. The Morgan fingerprint density at radius 1 is 1.06 bits per heavy atom. The van der Waals surface area contributed by atoms with Gasteiger partial charge in [-0.1, -0.05) is 25.0 Å². The molecule has 2 aromatic carbocycles. The summed E-state index contributed by atoms with van der Waals surface area (Å²) in [5.74, 6) is -2.92. The zero-order chi connectivity index (χ0) is 34.5. The monoisotopic (exact) mass is 702 g/mol. The minimum atomic E-state index is -2.26. The Balaban J connectivity index is 0.00000468. The summed E-state index contributed by atoms with van der Waals surface area (Å²) >= 11 is 0. The fraction of sp³-hybridized carbons (Fsp3) is 0.543. The molecule has 4 aliphatic rings. The number of aliphatic hydroxyl groups is 3. The maximum absolute atomic E-state index is 13.9. The van der Waals surface area contributed by atoms with Crippen LogP contribution in [-0.4, -0.2) is 111 Å². The molecule has 6 atom stereocenters. The molecule has 2 aliphatic heterocycles. The molecule has 49 heavy (non-hydrogen) atoms. The molecule has 0 spiro atoms. The van der Waals surface area contributed by atoms with Crippen molar-refractivity contribution in [2.24, 2.45) is 4.99 Å². The number of nitrogens with zero attached hydrogens (tertiary/aromatic N) is 2. The van der Waals surface area contributed by atoms with Gasteiger partial charge in [0.25, 0.3) is 0 Å². The van der Waals surface area contributed by atoms with Crippen LogP contribution in [0, 0.1) is 0 Å². The van der Waals surface area contributed by atoms with Crippen molar-refractivity contribution in [1.82, 2.24) is 4.90 Å². The Bertz CT molecular complexity index is 1670. The topological polar surface area (TPSA) is 196 Å². The molecule has 0 saturated carbocycles. The van der Waals surface area contributed by atoms with E-state index < -0.39 is 95.7 Å². The third-order valence-corrected chi connectivity index (χ3v) is 10.1. The first kappa shape index (κ1) is 36.7. The first-order valence-corrected chi connectivity index (χ1v) is 16.4. The van der Waals surface area contributed by atoms with Crippen molar-refractivity contribution in [3.8, 4) is 17.2 Å². The number of aromatic hydroxyl groups is 2. The molecular weight excluding hydrogens is 660 g/mol. The van der Waals surface area contributed by atoms with Crippen LogP contribution < -0.4 is 4.74 Å². The fourth-order valence-electron chi connectivity index (χ4n) is 7.53. The van der Waals surface area contributed by atoms with Crippen molar-refractivity contribution in [2.45, 2.75) is 95.0 Å². The summed E-state index contributed by atoms with van der Waals surface area (Å²) in [7, 11) is 1.34. The second kappa shape index (κ2) is 14.3. The quantitative estimate of drug-likeness (QED) is 0.143. The van der Waals surface area contributed by atoms with Crippen LogP contribution >= 0.6 is 12.4 Å². The molecule has 0 aromatic heterocycles. The van der Waals surface area contributed by atoms with Gasteiger partial charge in [0.05, 0.1) is 47.9 Å². The van der Waals surface area contributed by atoms with Crippen LogP contribution in [-0.2, 0) is 20.7 Å². The van der Waals surface area contributed by atoms with E-state index in [1.54, 1.807) is 6.92 Å². The van der Waals surface area contributed by atoms with Gasteiger partial charge in [-0.3, -0.25) is 19.4 Å². The lowest BCUT2D eigenvalue weighted by Gasteiger charge is -2.42. The third kappa shape index (κ3) is 6.44. The molecule has 2 aliphatic carbocycles. The number of fused-ring (bicyclic) bond motifs is 3. The fourth-order valence-corrected chi connectivity index (χ4v) is 7.53. The number of hydrogen-bond acceptors (Lipinski definition) is 12. The van der Waals surface area contributed by atoms with Gasteiger partial charge in [0.2, 0.25) is 5.78 Å². The first-order valence-electron chi connectivity index (χ1n) is 16.4. The summed E-state index contributed by atoms with van der Waals surface area (Å²) in [6.07, 6.45) is -0.659. The van der Waals surface area contributed by atoms with Crippen molar-refractivity contribution in [2.75, 3.05) is 26.8 Å². The Morgan fingerprint density at radius 2 is 1.73 bits per heavy atom. The van der Waals surface area contributed by atoms with E-state index in [0.29, 0.717) is 0 Å². The number of hydrogen-bond donors (Lipinski definition) is 5. The highest BCUT2D eigenvalue weighted by Gasteiger charge is 2.50. The molecule has 2 saturated heterocycles. The number of carbonyl (C=O) groups is 3. The second-order valence-electron chi connectivity index (χ2n) is 13.1. The minimum absolute atomic E-state index is 0. The smallest absolute Gasteiger partial charge is 0.202 e. The minimum Gasteiger partial charge on any atom is -0.507 e. The number of ether oxygens (including phenoxy) is 3. The van der Waals surface area contributed by atoms with Crippen LogP contribution in [0.4, 0.5) is 0 Å². The number of benzene rings is 2. The highest BCUT2D eigenvalue weighted by atomic mass is 35.5. The maximum atomic E-state index is 13.9. The van der Waals surface area contributed by atoms with Crippen molar-refractivity contribution >= 4 is 35.6 Å². The lowest BCUT2D eigenvalue weighted by molar-refractivity contribution is -0.247. The van der Waals surface area contributed by atoms with Crippen LogP contribution in [0.3, 0.4) is 0 Å². The number of likely N-dealkylation sites (tertiary alicyclic amines) is 1. The lowest BCUT2D eigenvalue weighted by atomic mass is 9.72. The van der Waals surface area contributed by atoms with Gasteiger partial charge >= 0.3 is 0 Å². The Kier molecular flexibility index (Phi) is 10.7. The summed E-state index contributed by atoms with van der Waals surface area (Å²) in [6, 6.07) is 3.79. The van der Waals surface area contributed by atoms with Crippen LogP contribution in [0.5, 0.6) is 17.2 Å². The Morgan fingerprint density at radius 3 is 2.39 bits per heavy atom. The van der Waals surface area contributed by atoms with Crippen LogP contribution in [0.2, 0.25) is 0 Å². The number of rotatable bonds is 6. The van der Waals surface area contributed by atoms with E-state index in [-0.39, 0.29) is 46.8 Å². The Hall–Kier alpha value is -3.59. The SMILES string of the molecule is COc1cccc2c1C(=O)c1c(O)c3c(c(O)c1C2=O)CC(O)(C(=O)CO)C[C@@H]3OC1C[C@H](N=C(C)N2CCCCCC2)[C@@H](O)C(C)O1.Cl. The number of Topliss-reactive ketones (excluding diaryl/α,β-unsaturated/α-hetero) is 1. The van der Waals surface area contributed by atoms with E-state index in [2.05, 4.69) is 4.90 Å². The standard InChI is InChI=1S/C35H42N2O11.ClH/c1-17-30(40)21(36-18(2)37-11-6-4-5-7-12-37)13-25(47-17)48-23-15-35(45,24(39)16-38)14-20-27(23)34(44)29-28(32(20)42)31(41)19-9-8-10-22(46-3)26(19)33(29)43;/h8-10,17,21,23,25,30,38,40,42,44-45H,4-7,11-16H2,1-3H3;1H/t17?,21-,23-,25?,30-,35?;/m0./s1. The molecule has 14 heteroatoms. The predicted octanol–water partition coefficient (Wildman–Crippen LogP) is 2.76. The summed E-state index contributed by atoms with van der Waals surface area (Å²) < 4.78 is 17.7. The molecule has 2 heterocycles. The number of halogens is 1. The van der Waals surface area contributed by atoms with Crippen molar-refractivity contribution in [3.63, 3.8) is 0 Å². The zero-order valence-corrected chi connectivity index (χ0v) is 28.5. The van der Waals surface area contributed by atoms with Crippen LogP contribution in [0.1, 0.15) is 101 Å². The largest absolute Gasteiger partial charge is 0.507 e. The molecule has 5 N–H and O–H groups in total. The summed E-state index contributed by atoms with van der Waals surface area (Å²) in [5.41, 5.74) is -3.57. The summed E-state index contributed by atoms with van der Waals surface area (Å²) in [4.78, 5) is 47.6. The average molecular weight is 703 g/mol. The molecule has 3 unspecified atom stereocenters. The normalized spacial score (nSPS) is 28.5. The Labute approximate surface area is 289 Å². The number of amidine groups is 1. The van der Waals surface area contributed by atoms with Gasteiger partial charge in [0.15, 0.2) is 17.9 Å². The number of phenols is 2. The average Bonchev–Trinajstić information content (AvgIpc) is 3.36. The molecule has 0 bridgehead atoms. The zero-order valence-electron chi connectivity index (χ0n) is 27.7. The first-order chi connectivity index (χ1) is 22.9.